The van der Waals surface area contributed by atoms with Crippen molar-refractivity contribution >= 4 is 27.3 Å². The van der Waals surface area contributed by atoms with E-state index in [0.717, 1.165) is 19.3 Å². The van der Waals surface area contributed by atoms with Crippen LogP contribution in [0.5, 0.6) is 5.75 Å². The molecule has 0 unspecified atom stereocenters. The number of piperidine rings is 1. The molecule has 9 nitrogen and oxygen atoms in total. The lowest BCUT2D eigenvalue weighted by Crippen LogP contribution is -2.35. The van der Waals surface area contributed by atoms with Crippen molar-refractivity contribution in [3.63, 3.8) is 0 Å². The Morgan fingerprint density at radius 1 is 1.17 bits per heavy atom. The summed E-state index contributed by atoms with van der Waals surface area (Å²) in [4.78, 5) is 23.2. The minimum Gasteiger partial charge on any atom is -0.495 e. The number of carbonyl (C=O) groups is 1. The second-order valence-corrected chi connectivity index (χ2v) is 8.90. The molecule has 30 heavy (non-hydrogen) atoms. The van der Waals surface area contributed by atoms with Gasteiger partial charge in [0.15, 0.2) is 0 Å². The summed E-state index contributed by atoms with van der Waals surface area (Å²) in [6.07, 6.45) is 2.58. The molecule has 0 aliphatic carbocycles. The van der Waals surface area contributed by atoms with Crippen molar-refractivity contribution in [3.05, 3.63) is 57.6 Å². The Morgan fingerprint density at radius 2 is 1.87 bits per heavy atom. The number of sulfonamides is 1. The predicted molar refractivity (Wildman–Crippen MR) is 111 cm³/mol. The smallest absolute Gasteiger partial charge is 0.273 e. The summed E-state index contributed by atoms with van der Waals surface area (Å²) in [7, 11) is -2.40. The van der Waals surface area contributed by atoms with Crippen molar-refractivity contribution in [2.45, 2.75) is 31.1 Å². The van der Waals surface area contributed by atoms with Gasteiger partial charge in [-0.25, -0.2) is 8.42 Å². The number of anilines is 1. The van der Waals surface area contributed by atoms with Crippen LogP contribution in [0.3, 0.4) is 0 Å². The van der Waals surface area contributed by atoms with Crippen LogP contribution in [-0.2, 0) is 10.0 Å². The number of benzene rings is 2. The first-order valence-electron chi connectivity index (χ1n) is 9.49. The third-order valence-corrected chi connectivity index (χ3v) is 7.02. The van der Waals surface area contributed by atoms with Crippen molar-refractivity contribution in [3.8, 4) is 5.75 Å². The molecule has 10 heteroatoms. The molecule has 0 aromatic heterocycles. The van der Waals surface area contributed by atoms with Crippen LogP contribution in [0.25, 0.3) is 0 Å². The standard InChI is InChI=1S/C20H23N3O6S/c1-14-16(7-6-8-17(14)23(25)26)20(24)21-15-9-10-18(29-2)19(13-15)30(27,28)22-11-4-3-5-12-22/h6-10,13H,3-5,11-12H2,1-2H3,(H,21,24). The second-order valence-electron chi connectivity index (χ2n) is 6.99. The molecular weight excluding hydrogens is 410 g/mol. The van der Waals surface area contributed by atoms with Crippen LogP contribution in [0.4, 0.5) is 11.4 Å². The van der Waals surface area contributed by atoms with E-state index in [2.05, 4.69) is 5.32 Å². The van der Waals surface area contributed by atoms with Crippen molar-refractivity contribution in [2.24, 2.45) is 0 Å². The molecule has 1 amide bonds. The van der Waals surface area contributed by atoms with Crippen LogP contribution in [0, 0.1) is 17.0 Å². The van der Waals surface area contributed by atoms with Gasteiger partial charge in [-0.1, -0.05) is 12.5 Å². The summed E-state index contributed by atoms with van der Waals surface area (Å²) in [5, 5.41) is 13.8. The lowest BCUT2D eigenvalue weighted by Gasteiger charge is -2.26. The molecule has 1 N–H and O–H groups in total. The monoisotopic (exact) mass is 433 g/mol. The summed E-state index contributed by atoms with van der Waals surface area (Å²) in [5.41, 5.74) is 0.461. The van der Waals surface area contributed by atoms with Crippen LogP contribution in [0.15, 0.2) is 41.3 Å². The summed E-state index contributed by atoms with van der Waals surface area (Å²) >= 11 is 0. The van der Waals surface area contributed by atoms with Crippen molar-refractivity contribution < 1.29 is 22.9 Å². The van der Waals surface area contributed by atoms with Gasteiger partial charge in [0.2, 0.25) is 10.0 Å². The first-order chi connectivity index (χ1) is 14.3. The van der Waals surface area contributed by atoms with Gasteiger partial charge < -0.3 is 10.1 Å². The van der Waals surface area contributed by atoms with E-state index in [0.29, 0.717) is 13.1 Å². The van der Waals surface area contributed by atoms with Crippen LogP contribution < -0.4 is 10.1 Å². The fraction of sp³-hybridized carbons (Fsp3) is 0.350. The summed E-state index contributed by atoms with van der Waals surface area (Å²) < 4.78 is 32.9. The molecule has 1 aliphatic rings. The zero-order valence-corrected chi connectivity index (χ0v) is 17.6. The van der Waals surface area contributed by atoms with E-state index in [9.17, 15) is 23.3 Å². The van der Waals surface area contributed by atoms with Crippen LogP contribution in [0.2, 0.25) is 0 Å². The lowest BCUT2D eigenvalue weighted by molar-refractivity contribution is -0.385. The van der Waals surface area contributed by atoms with Crippen molar-refractivity contribution in [1.29, 1.82) is 0 Å². The number of nitro groups is 1. The summed E-state index contributed by atoms with van der Waals surface area (Å²) in [6, 6.07) is 8.59. The molecule has 0 bridgehead atoms. The Kier molecular flexibility index (Phi) is 6.37. The molecule has 1 aliphatic heterocycles. The van der Waals surface area contributed by atoms with Gasteiger partial charge in [-0.2, -0.15) is 4.31 Å². The third kappa shape index (κ3) is 4.29. The van der Waals surface area contributed by atoms with Gasteiger partial charge in [0.1, 0.15) is 10.6 Å². The number of nitrogens with one attached hydrogen (secondary N) is 1. The molecule has 1 heterocycles. The Hall–Kier alpha value is -2.98. The number of amides is 1. The second kappa shape index (κ2) is 8.80. The number of nitrogens with zero attached hydrogens (tertiary/aromatic N) is 2. The topological polar surface area (TPSA) is 119 Å². The number of ether oxygens (including phenoxy) is 1. The number of rotatable bonds is 6. The Bertz CT molecular complexity index is 1080. The number of hydrogen-bond acceptors (Lipinski definition) is 6. The van der Waals surface area contributed by atoms with E-state index in [-0.39, 0.29) is 33.1 Å². The molecule has 160 valence electrons. The van der Waals surface area contributed by atoms with Gasteiger partial charge in [0.25, 0.3) is 11.6 Å². The normalized spacial score (nSPS) is 14.9. The van der Waals surface area contributed by atoms with E-state index in [1.54, 1.807) is 0 Å². The average molecular weight is 433 g/mol. The van der Waals surface area contributed by atoms with E-state index < -0.39 is 20.9 Å². The first-order valence-corrected chi connectivity index (χ1v) is 10.9. The molecule has 2 aromatic carbocycles. The molecular formula is C20H23N3O6S. The van der Waals surface area contributed by atoms with E-state index >= 15 is 0 Å². The highest BCUT2D eigenvalue weighted by molar-refractivity contribution is 7.89. The molecule has 0 radical (unpaired) electrons. The van der Waals surface area contributed by atoms with Gasteiger partial charge in [0, 0.05) is 36.0 Å². The minimum atomic E-state index is -3.79. The van der Waals surface area contributed by atoms with E-state index in [1.807, 2.05) is 0 Å². The predicted octanol–water partition coefficient (Wildman–Crippen LogP) is 3.34. The highest BCUT2D eigenvalue weighted by Gasteiger charge is 2.29. The van der Waals surface area contributed by atoms with E-state index in [4.69, 9.17) is 4.74 Å². The summed E-state index contributed by atoms with van der Waals surface area (Å²) in [5.74, 6) is -0.382. The zero-order chi connectivity index (χ0) is 21.9. The molecule has 1 fully saturated rings. The number of hydrogen-bond donors (Lipinski definition) is 1. The SMILES string of the molecule is COc1ccc(NC(=O)c2cccc([N+](=O)[O-])c2C)cc1S(=O)(=O)N1CCCCC1. The fourth-order valence-corrected chi connectivity index (χ4v) is 5.16. The van der Waals surface area contributed by atoms with Gasteiger partial charge >= 0.3 is 0 Å². The quantitative estimate of drug-likeness (QED) is 0.551. The zero-order valence-electron chi connectivity index (χ0n) is 16.8. The van der Waals surface area contributed by atoms with Gasteiger partial charge in [-0.05, 0) is 44.0 Å². The van der Waals surface area contributed by atoms with Gasteiger partial charge in [0.05, 0.1) is 12.0 Å². The average Bonchev–Trinajstić information content (AvgIpc) is 2.74. The molecule has 0 atom stereocenters. The summed E-state index contributed by atoms with van der Waals surface area (Å²) in [6.45, 7) is 2.37. The fourth-order valence-electron chi connectivity index (χ4n) is 3.47. The Labute approximate surface area is 174 Å². The van der Waals surface area contributed by atoms with E-state index in [1.165, 1.54) is 54.7 Å². The number of carbonyl (C=O) groups excluding carboxylic acids is 1. The maximum absolute atomic E-state index is 13.1. The van der Waals surface area contributed by atoms with Crippen LogP contribution >= 0.6 is 0 Å². The minimum absolute atomic E-state index is 0.0273. The first kappa shape index (κ1) is 21.7. The van der Waals surface area contributed by atoms with Gasteiger partial charge in [-0.15, -0.1) is 0 Å². The maximum Gasteiger partial charge on any atom is 0.273 e. The molecule has 2 aromatic rings. The molecule has 1 saturated heterocycles. The largest absolute Gasteiger partial charge is 0.495 e. The highest BCUT2D eigenvalue weighted by Crippen LogP contribution is 2.31. The van der Waals surface area contributed by atoms with Crippen LogP contribution in [-0.4, -0.2) is 43.8 Å². The lowest BCUT2D eigenvalue weighted by atomic mass is 10.1. The van der Waals surface area contributed by atoms with Gasteiger partial charge in [-0.3, -0.25) is 14.9 Å². The van der Waals surface area contributed by atoms with Crippen molar-refractivity contribution in [2.75, 3.05) is 25.5 Å². The third-order valence-electron chi connectivity index (χ3n) is 5.10. The van der Waals surface area contributed by atoms with Crippen molar-refractivity contribution in [1.82, 2.24) is 4.31 Å². The number of methoxy groups -OCH3 is 1. The van der Waals surface area contributed by atoms with Crippen LogP contribution in [0.1, 0.15) is 35.2 Å². The molecule has 3 rings (SSSR count). The molecule has 0 spiro atoms. The molecule has 0 saturated carbocycles. The highest BCUT2D eigenvalue weighted by atomic mass is 32.2. The Balaban J connectivity index is 1.93. The maximum atomic E-state index is 13.1. The number of nitro benzene ring substituents is 1. The Morgan fingerprint density at radius 3 is 2.50 bits per heavy atom.